The van der Waals surface area contributed by atoms with Gasteiger partial charge in [0.1, 0.15) is 0 Å². The quantitative estimate of drug-likeness (QED) is 0.127. The predicted molar refractivity (Wildman–Crippen MR) is 82.5 cm³/mol. The van der Waals surface area contributed by atoms with Gasteiger partial charge in [-0.25, -0.2) is 0 Å². The molecule has 0 atom stereocenters. The van der Waals surface area contributed by atoms with Crippen LogP contribution in [0, 0.1) is 22.3 Å². The summed E-state index contributed by atoms with van der Waals surface area (Å²) >= 11 is 0.600. The fraction of sp³-hybridized carbons (Fsp3) is 0.625. The van der Waals surface area contributed by atoms with Gasteiger partial charge in [-0.3, -0.25) is 4.18 Å². The Morgan fingerprint density at radius 3 is 0.788 bits per heavy atom. The average Bonchev–Trinajstić information content (AvgIpc) is 2.49. The van der Waals surface area contributed by atoms with Crippen LogP contribution in [0.2, 0.25) is 0 Å². The summed E-state index contributed by atoms with van der Waals surface area (Å²) in [5, 5.41) is 0. The summed E-state index contributed by atoms with van der Waals surface area (Å²) in [7, 11) is -12.8. The monoisotopic (exact) mass is 811 g/mol. The van der Waals surface area contributed by atoms with Gasteiger partial charge in [-0.1, -0.05) is 7.43 Å². The van der Waals surface area contributed by atoms with Crippen molar-refractivity contribution in [2.24, 2.45) is 0 Å². The summed E-state index contributed by atoms with van der Waals surface area (Å²) in [5.74, 6) is 0. The molecule has 0 amide bonds. The van der Waals surface area contributed by atoms with Crippen LogP contribution < -0.4 is 0 Å². The second kappa shape index (κ2) is 33.4. The van der Waals surface area contributed by atoms with Gasteiger partial charge in [-0.05, 0) is 0 Å². The third-order valence-electron chi connectivity index (χ3n) is 0.881. The van der Waals surface area contributed by atoms with Crippen molar-refractivity contribution in [2.75, 3.05) is 7.11 Å². The Kier molecular flexibility index (Phi) is 70.9. The minimum Gasteiger partial charge on any atom is 0 e. The van der Waals surface area contributed by atoms with Gasteiger partial charge in [0, 0.05) is 47.6 Å². The van der Waals surface area contributed by atoms with E-state index in [9.17, 15) is 47.9 Å². The topological polar surface area (TPSA) is 177 Å². The molecule has 204 valence electrons. The molecule has 0 aliphatic heterocycles. The molecule has 0 aliphatic carbocycles. The van der Waals surface area contributed by atoms with Crippen molar-refractivity contribution in [3.8, 4) is 0 Å². The second-order valence-corrected chi connectivity index (χ2v) is 6.00. The van der Waals surface area contributed by atoms with Crippen LogP contribution in [0.3, 0.4) is 0 Å². The zero-order chi connectivity index (χ0) is 23.9. The van der Waals surface area contributed by atoms with Gasteiger partial charge in [0.15, 0.2) is 0 Å². The fourth-order valence-electron chi connectivity index (χ4n) is 0.0945. The molecular formula is C8H18F9O10S3Zr3-. The van der Waals surface area contributed by atoms with Crippen molar-refractivity contribution in [3.63, 3.8) is 0 Å². The third-order valence-corrected chi connectivity index (χ3v) is 2.64. The summed E-state index contributed by atoms with van der Waals surface area (Å²) in [5.41, 5.74) is -15.5. The predicted octanol–water partition coefficient (Wildman–Crippen LogP) is 3.03. The zero-order valence-electron chi connectivity index (χ0n) is 15.8. The Morgan fingerprint density at radius 2 is 0.788 bits per heavy atom. The number of halogens is 9. The molecule has 0 radical (unpaired) electrons. The van der Waals surface area contributed by atoms with Gasteiger partial charge >= 0.3 is 81.7 Å². The van der Waals surface area contributed by atoms with E-state index in [-0.39, 0.29) is 61.4 Å². The Balaban J connectivity index is -0.0000000210. The van der Waals surface area contributed by atoms with Crippen LogP contribution in [0.5, 0.6) is 0 Å². The Morgan fingerprint density at radius 1 is 0.667 bits per heavy atom. The molecule has 0 heterocycles. The molecule has 10 nitrogen and oxygen atoms in total. The van der Waals surface area contributed by atoms with Gasteiger partial charge in [-0.2, -0.15) is 47.9 Å². The van der Waals surface area contributed by atoms with Crippen molar-refractivity contribution >= 4 is 31.5 Å². The minimum atomic E-state index is -5.34. The van der Waals surface area contributed by atoms with Gasteiger partial charge in [-0.15, -0.1) is 0 Å². The van der Waals surface area contributed by atoms with Crippen LogP contribution in [0.25, 0.3) is 0 Å². The number of rotatable bonds is 1. The molecule has 0 spiro atoms. The van der Waals surface area contributed by atoms with Crippen molar-refractivity contribution in [1.82, 2.24) is 0 Å². The number of hydrogen-bond donors (Lipinski definition) is 0. The fourth-order valence-corrected chi connectivity index (χ4v) is 0.283. The molecule has 0 aromatic carbocycles. The standard InChI is InChI=1S/C2H3F3O3S.2CF3O2S.CH4.3CH3.H2O.2O.3Zr/c1-8-9(6,7)2(3,4)5;2*2-1(3,4)7(5)6;;;;;;;;;;/h1H3;;;1H4;3*1H3;1H2;;;;;/q;2*-1;;3*-1;;;;;2*+2. The summed E-state index contributed by atoms with van der Waals surface area (Å²) in [4.78, 5) is 0. The van der Waals surface area contributed by atoms with Crippen molar-refractivity contribution in [1.29, 1.82) is 0 Å². The third kappa shape index (κ3) is 51.0. The minimum absolute atomic E-state index is 0. The molecule has 0 fully saturated rings. The van der Waals surface area contributed by atoms with Crippen molar-refractivity contribution in [3.05, 3.63) is 22.3 Å². The van der Waals surface area contributed by atoms with E-state index < -0.39 is 48.1 Å². The Labute approximate surface area is 238 Å². The molecule has 0 aromatic rings. The molecule has 0 bridgehead atoms. The largest absolute Gasteiger partial charge is 0 e. The number of hydrogen-bond acceptors (Lipinski definition) is 11. The summed E-state index contributed by atoms with van der Waals surface area (Å²) in [6, 6.07) is 0. The van der Waals surface area contributed by atoms with E-state index in [1.54, 1.807) is 0 Å². The van der Waals surface area contributed by atoms with Crippen LogP contribution in [0.4, 0.5) is 39.5 Å². The first-order valence-electron chi connectivity index (χ1n) is 4.30. The van der Waals surface area contributed by atoms with Gasteiger partial charge < -0.3 is 44.6 Å². The van der Waals surface area contributed by atoms with E-state index in [2.05, 4.69) is 4.18 Å². The summed E-state index contributed by atoms with van der Waals surface area (Å²) < 4.78 is 172. The van der Waals surface area contributed by atoms with E-state index in [0.29, 0.717) is 56.6 Å². The van der Waals surface area contributed by atoms with Crippen LogP contribution >= 0.6 is 0 Å². The second-order valence-electron chi connectivity index (χ2n) is 2.43. The first kappa shape index (κ1) is 70.1. The van der Waals surface area contributed by atoms with Crippen molar-refractivity contribution < 1.29 is 156 Å². The number of alkyl halides is 9. The molecule has 0 aliphatic rings. The SMILES string of the molecule is C.COS(=O)(=O)C(F)(F)F.O.O=[S-](=O)C(F)(F)F.O=[S-](=O)C(F)(F)F.[CH3-].[CH3-].[CH3-].[O]=[Zr+2].[O]=[Zr+2].[Zr]. The maximum absolute atomic E-state index is 11.1. The summed E-state index contributed by atoms with van der Waals surface area (Å²) in [6.07, 6.45) is 0. The first-order chi connectivity index (χ1) is 11.7. The smallest absolute Gasteiger partial charge is 0 e. The maximum atomic E-state index is 11.1. The molecule has 0 saturated heterocycles. The van der Waals surface area contributed by atoms with Crippen LogP contribution in [0.1, 0.15) is 7.43 Å². The van der Waals surface area contributed by atoms with Crippen LogP contribution in [0.15, 0.2) is 0 Å². The van der Waals surface area contributed by atoms with Gasteiger partial charge in [0.05, 0.1) is 7.11 Å². The Hall–Kier alpha value is 1.39. The molecule has 0 saturated carbocycles. The van der Waals surface area contributed by atoms with Gasteiger partial charge in [0.2, 0.25) is 0 Å². The zero-order valence-corrected chi connectivity index (χ0v) is 25.6. The van der Waals surface area contributed by atoms with E-state index >= 15 is 0 Å². The first-order valence-corrected chi connectivity index (χ1v) is 9.86. The van der Waals surface area contributed by atoms with Crippen LogP contribution in [-0.2, 0) is 134 Å². The molecule has 25 heteroatoms. The van der Waals surface area contributed by atoms with E-state index in [0.717, 1.165) is 0 Å². The Bertz CT molecular complexity index is 597. The molecular weight excluding hydrogens is 797 g/mol. The van der Waals surface area contributed by atoms with Crippen molar-refractivity contribution in [2.45, 2.75) is 24.0 Å². The van der Waals surface area contributed by atoms with Crippen LogP contribution in [-0.4, -0.2) is 37.5 Å². The molecule has 33 heavy (non-hydrogen) atoms. The summed E-state index contributed by atoms with van der Waals surface area (Å²) in [6.45, 7) is 0. The molecule has 0 aromatic heterocycles. The maximum Gasteiger partial charge on any atom is 0 e. The van der Waals surface area contributed by atoms with E-state index in [4.69, 9.17) is 22.5 Å². The van der Waals surface area contributed by atoms with E-state index in [1.807, 2.05) is 0 Å². The normalized spacial score (nSPS) is 9.45. The van der Waals surface area contributed by atoms with E-state index in [1.165, 1.54) is 0 Å². The molecule has 0 rings (SSSR count). The molecule has 0 unspecified atom stereocenters. The molecule has 2 N–H and O–H groups in total. The average molecular weight is 815 g/mol. The van der Waals surface area contributed by atoms with Gasteiger partial charge in [0.25, 0.3) is 0 Å².